The molecule has 3 aromatic rings. The predicted molar refractivity (Wildman–Crippen MR) is 141 cm³/mol. The molecular weight excluding hydrogens is 449 g/mol. The van der Waals surface area contributed by atoms with Crippen molar-refractivity contribution in [2.75, 3.05) is 22.9 Å². The first-order valence-electron chi connectivity index (χ1n) is 11.6. The highest BCUT2D eigenvalue weighted by Gasteiger charge is 2.29. The van der Waals surface area contributed by atoms with Crippen molar-refractivity contribution in [1.29, 1.82) is 0 Å². The summed E-state index contributed by atoms with van der Waals surface area (Å²) in [5.74, 6) is 0. The number of fused-ring (bicyclic) bond motifs is 1. The van der Waals surface area contributed by atoms with Gasteiger partial charge in [-0.25, -0.2) is 0 Å². The van der Waals surface area contributed by atoms with E-state index in [1.807, 2.05) is 30.3 Å². The van der Waals surface area contributed by atoms with E-state index < -0.39 is 0 Å². The zero-order valence-electron chi connectivity index (χ0n) is 19.4. The Labute approximate surface area is 206 Å². The molecule has 3 nitrogen and oxygen atoms in total. The van der Waals surface area contributed by atoms with Crippen LogP contribution in [-0.4, -0.2) is 18.1 Å². The summed E-state index contributed by atoms with van der Waals surface area (Å²) in [4.78, 5) is 9.99. The first-order valence-corrected chi connectivity index (χ1v) is 12.4. The molecule has 2 aliphatic heterocycles. The average molecular weight is 478 g/mol. The van der Waals surface area contributed by atoms with Crippen molar-refractivity contribution in [3.05, 3.63) is 87.2 Å². The lowest BCUT2D eigenvalue weighted by atomic mass is 9.89. The van der Waals surface area contributed by atoms with Crippen molar-refractivity contribution < 1.29 is 0 Å². The van der Waals surface area contributed by atoms with Gasteiger partial charge < -0.3 is 9.80 Å². The van der Waals surface area contributed by atoms with Crippen LogP contribution >= 0.6 is 23.2 Å². The fourth-order valence-corrected chi connectivity index (χ4v) is 5.03. The molecule has 1 saturated heterocycles. The lowest BCUT2D eigenvalue weighted by Crippen LogP contribution is -2.29. The summed E-state index contributed by atoms with van der Waals surface area (Å²) in [5.41, 5.74) is 7.92. The van der Waals surface area contributed by atoms with Gasteiger partial charge in [-0.3, -0.25) is 4.98 Å². The number of rotatable bonds is 3. The Balaban J connectivity index is 1.73. The lowest BCUT2D eigenvalue weighted by molar-refractivity contribution is 0.564. The minimum atomic E-state index is -0.0289. The first-order chi connectivity index (χ1) is 15.8. The van der Waals surface area contributed by atoms with Gasteiger partial charge in [-0.05, 0) is 54.8 Å². The molecule has 1 fully saturated rings. The number of hydrogen-bond donors (Lipinski definition) is 0. The van der Waals surface area contributed by atoms with Crippen LogP contribution in [0.4, 0.5) is 11.4 Å². The van der Waals surface area contributed by atoms with Crippen LogP contribution in [0.2, 0.25) is 10.0 Å². The number of aromatic nitrogens is 1. The molecule has 0 unspecified atom stereocenters. The fourth-order valence-electron chi connectivity index (χ4n) is 4.67. The van der Waals surface area contributed by atoms with Gasteiger partial charge >= 0.3 is 0 Å². The number of halogens is 2. The molecule has 3 heterocycles. The van der Waals surface area contributed by atoms with Gasteiger partial charge in [-0.15, -0.1) is 0 Å². The van der Waals surface area contributed by atoms with Gasteiger partial charge in [0.2, 0.25) is 0 Å². The summed E-state index contributed by atoms with van der Waals surface area (Å²) in [6.45, 7) is 9.56. The van der Waals surface area contributed by atoms with E-state index in [4.69, 9.17) is 28.2 Å². The third-order valence-corrected chi connectivity index (χ3v) is 7.07. The maximum absolute atomic E-state index is 6.68. The lowest BCUT2D eigenvalue weighted by Gasteiger charge is -2.35. The molecule has 0 aliphatic carbocycles. The van der Waals surface area contributed by atoms with Gasteiger partial charge in [0.25, 0.3) is 0 Å². The zero-order valence-corrected chi connectivity index (χ0v) is 20.9. The summed E-state index contributed by atoms with van der Waals surface area (Å²) < 4.78 is 0. The Bertz CT molecular complexity index is 1200. The van der Waals surface area contributed by atoms with Gasteiger partial charge in [-0.2, -0.15) is 0 Å². The van der Waals surface area contributed by atoms with E-state index in [2.05, 4.69) is 60.9 Å². The normalized spacial score (nSPS) is 16.1. The Kier molecular flexibility index (Phi) is 5.88. The van der Waals surface area contributed by atoms with Gasteiger partial charge in [0, 0.05) is 46.2 Å². The standard InChI is InChI=1S/C28H29Cl2N3/c1-28(2,3)27-17-26(32-14-6-7-15-32)21-16-25(19-10-12-20(29)13-11-19)33(18-23(21)31-27)24-9-5-4-8-22(24)30/h4-5,8-13,16-17H,6-7,14-15,18H2,1-3H3. The second-order valence-corrected chi connectivity index (χ2v) is 10.7. The van der Waals surface area contributed by atoms with Crippen molar-refractivity contribution in [1.82, 2.24) is 4.98 Å². The second-order valence-electron chi connectivity index (χ2n) is 9.91. The summed E-state index contributed by atoms with van der Waals surface area (Å²) in [6.07, 6.45) is 4.77. The van der Waals surface area contributed by atoms with Crippen LogP contribution in [-0.2, 0) is 12.0 Å². The highest BCUT2D eigenvalue weighted by molar-refractivity contribution is 6.33. The Morgan fingerprint density at radius 1 is 0.879 bits per heavy atom. The highest BCUT2D eigenvalue weighted by atomic mass is 35.5. The van der Waals surface area contributed by atoms with Crippen LogP contribution in [0.3, 0.4) is 0 Å². The van der Waals surface area contributed by atoms with Crippen molar-refractivity contribution in [2.24, 2.45) is 0 Å². The monoisotopic (exact) mass is 477 g/mol. The number of pyridine rings is 1. The minimum absolute atomic E-state index is 0.0289. The summed E-state index contributed by atoms with van der Waals surface area (Å²) in [7, 11) is 0. The van der Waals surface area contributed by atoms with E-state index in [0.29, 0.717) is 6.54 Å². The van der Waals surface area contributed by atoms with E-state index in [1.165, 1.54) is 24.1 Å². The largest absolute Gasteiger partial charge is 0.371 e. The Morgan fingerprint density at radius 3 is 2.24 bits per heavy atom. The minimum Gasteiger partial charge on any atom is -0.371 e. The molecule has 2 aromatic carbocycles. The van der Waals surface area contributed by atoms with Gasteiger partial charge in [-0.1, -0.05) is 68.2 Å². The summed E-state index contributed by atoms with van der Waals surface area (Å²) >= 11 is 12.9. The predicted octanol–water partition coefficient (Wildman–Crippen LogP) is 7.80. The van der Waals surface area contributed by atoms with Gasteiger partial charge in [0.1, 0.15) is 0 Å². The van der Waals surface area contributed by atoms with Crippen LogP contribution in [0, 0.1) is 0 Å². The first kappa shape index (κ1) is 22.3. The molecule has 0 N–H and O–H groups in total. The van der Waals surface area contributed by atoms with E-state index in [-0.39, 0.29) is 5.41 Å². The van der Waals surface area contributed by atoms with Crippen LogP contribution < -0.4 is 9.80 Å². The van der Waals surface area contributed by atoms with E-state index in [9.17, 15) is 0 Å². The third kappa shape index (κ3) is 4.37. The molecule has 0 atom stereocenters. The van der Waals surface area contributed by atoms with E-state index in [0.717, 1.165) is 51.5 Å². The second kappa shape index (κ2) is 8.70. The molecule has 0 bridgehead atoms. The zero-order chi connectivity index (χ0) is 23.2. The third-order valence-electron chi connectivity index (χ3n) is 6.49. The smallest absolute Gasteiger partial charge is 0.0698 e. The molecule has 0 radical (unpaired) electrons. The number of anilines is 2. The molecule has 170 valence electrons. The van der Waals surface area contributed by atoms with Crippen LogP contribution in [0.15, 0.2) is 54.6 Å². The topological polar surface area (TPSA) is 19.4 Å². The highest BCUT2D eigenvalue weighted by Crippen LogP contribution is 2.42. The quantitative estimate of drug-likeness (QED) is 0.383. The average Bonchev–Trinajstić information content (AvgIpc) is 3.32. The number of hydrogen-bond acceptors (Lipinski definition) is 3. The van der Waals surface area contributed by atoms with Gasteiger partial charge in [0.15, 0.2) is 0 Å². The van der Waals surface area contributed by atoms with Crippen molar-refractivity contribution in [2.45, 2.75) is 45.6 Å². The molecule has 2 aliphatic rings. The molecule has 0 amide bonds. The van der Waals surface area contributed by atoms with Crippen molar-refractivity contribution in [3.63, 3.8) is 0 Å². The van der Waals surface area contributed by atoms with E-state index >= 15 is 0 Å². The SMILES string of the molecule is CC(C)(C)c1cc(N2CCCC2)c2c(n1)CN(c1ccccc1Cl)C(c1ccc(Cl)cc1)=C2. The molecule has 33 heavy (non-hydrogen) atoms. The Hall–Kier alpha value is -2.49. The summed E-state index contributed by atoms with van der Waals surface area (Å²) in [6, 6.07) is 18.4. The number of nitrogens with zero attached hydrogens (tertiary/aromatic N) is 3. The maximum atomic E-state index is 6.68. The van der Waals surface area contributed by atoms with Crippen LogP contribution in [0.5, 0.6) is 0 Å². The van der Waals surface area contributed by atoms with Crippen molar-refractivity contribution >= 4 is 46.3 Å². The fraction of sp³-hybridized carbons (Fsp3) is 0.321. The Morgan fingerprint density at radius 2 is 1.58 bits per heavy atom. The molecule has 5 heteroatoms. The molecule has 1 aromatic heterocycles. The van der Waals surface area contributed by atoms with Gasteiger partial charge in [0.05, 0.1) is 22.9 Å². The molecule has 5 rings (SSSR count). The molecule has 0 saturated carbocycles. The maximum Gasteiger partial charge on any atom is 0.0698 e. The molecular formula is C28H29Cl2N3. The number of para-hydroxylation sites is 1. The number of benzene rings is 2. The molecule has 0 spiro atoms. The van der Waals surface area contributed by atoms with Crippen LogP contribution in [0.25, 0.3) is 11.8 Å². The van der Waals surface area contributed by atoms with Crippen LogP contribution in [0.1, 0.15) is 56.1 Å². The summed E-state index contributed by atoms with van der Waals surface area (Å²) in [5, 5.41) is 1.46. The van der Waals surface area contributed by atoms with E-state index in [1.54, 1.807) is 0 Å². The van der Waals surface area contributed by atoms with Crippen molar-refractivity contribution in [3.8, 4) is 0 Å².